The van der Waals surface area contributed by atoms with Gasteiger partial charge in [-0.15, -0.1) is 10.2 Å². The molecule has 0 bridgehead atoms. The number of pyridine rings is 1. The fourth-order valence-corrected chi connectivity index (χ4v) is 2.16. The highest BCUT2D eigenvalue weighted by Gasteiger charge is 2.13. The second kappa shape index (κ2) is 6.04. The van der Waals surface area contributed by atoms with E-state index in [-0.39, 0.29) is 5.92 Å². The van der Waals surface area contributed by atoms with E-state index in [9.17, 15) is 0 Å². The first kappa shape index (κ1) is 13.7. The maximum atomic E-state index is 5.57. The van der Waals surface area contributed by atoms with E-state index in [1.165, 1.54) is 11.8 Å². The van der Waals surface area contributed by atoms with Gasteiger partial charge in [0.25, 0.3) is 5.22 Å². The molecule has 0 spiro atoms. The standard InChI is InChI=1S/C13H13N5O2S/c1-8(2)11-15-10(20-18-11)7-21-13-17-16-12(19-13)9-3-5-14-6-4-9/h3-6,8H,7H2,1-2H3. The van der Waals surface area contributed by atoms with Crippen LogP contribution in [0.5, 0.6) is 0 Å². The molecule has 0 radical (unpaired) electrons. The van der Waals surface area contributed by atoms with Gasteiger partial charge in [0.15, 0.2) is 5.82 Å². The average Bonchev–Trinajstić information content (AvgIpc) is 3.15. The lowest BCUT2D eigenvalue weighted by Gasteiger charge is -1.93. The Morgan fingerprint density at radius 2 is 2.00 bits per heavy atom. The molecule has 3 aromatic heterocycles. The van der Waals surface area contributed by atoms with Crippen LogP contribution in [0.25, 0.3) is 11.5 Å². The molecule has 0 aliphatic rings. The van der Waals surface area contributed by atoms with Gasteiger partial charge in [-0.25, -0.2) is 0 Å². The van der Waals surface area contributed by atoms with Crippen LogP contribution >= 0.6 is 11.8 Å². The van der Waals surface area contributed by atoms with E-state index in [1.54, 1.807) is 12.4 Å². The van der Waals surface area contributed by atoms with Crippen molar-refractivity contribution in [3.8, 4) is 11.5 Å². The SMILES string of the molecule is CC(C)c1noc(CSc2nnc(-c3ccncc3)o2)n1. The highest BCUT2D eigenvalue weighted by Crippen LogP contribution is 2.25. The zero-order chi connectivity index (χ0) is 14.7. The maximum Gasteiger partial charge on any atom is 0.277 e. The van der Waals surface area contributed by atoms with Gasteiger partial charge < -0.3 is 8.94 Å². The van der Waals surface area contributed by atoms with Crippen LogP contribution in [-0.4, -0.2) is 25.3 Å². The molecular formula is C13H13N5O2S. The second-order valence-electron chi connectivity index (χ2n) is 4.60. The molecule has 0 saturated carbocycles. The van der Waals surface area contributed by atoms with E-state index in [4.69, 9.17) is 8.94 Å². The van der Waals surface area contributed by atoms with E-state index in [2.05, 4.69) is 25.3 Å². The molecular weight excluding hydrogens is 290 g/mol. The summed E-state index contributed by atoms with van der Waals surface area (Å²) in [4.78, 5) is 8.24. The first-order valence-electron chi connectivity index (χ1n) is 6.41. The molecule has 108 valence electrons. The monoisotopic (exact) mass is 303 g/mol. The molecule has 0 unspecified atom stereocenters. The summed E-state index contributed by atoms with van der Waals surface area (Å²) in [5.41, 5.74) is 0.837. The van der Waals surface area contributed by atoms with Gasteiger partial charge in [-0.1, -0.05) is 30.8 Å². The Morgan fingerprint density at radius 1 is 1.19 bits per heavy atom. The summed E-state index contributed by atoms with van der Waals surface area (Å²) >= 11 is 1.36. The van der Waals surface area contributed by atoms with Crippen molar-refractivity contribution in [3.05, 3.63) is 36.2 Å². The van der Waals surface area contributed by atoms with Gasteiger partial charge in [-0.2, -0.15) is 4.98 Å². The highest BCUT2D eigenvalue weighted by molar-refractivity contribution is 7.98. The van der Waals surface area contributed by atoms with Crippen LogP contribution in [0.4, 0.5) is 0 Å². The molecule has 0 amide bonds. The van der Waals surface area contributed by atoms with E-state index >= 15 is 0 Å². The molecule has 3 rings (SSSR count). The van der Waals surface area contributed by atoms with Gasteiger partial charge in [0.05, 0.1) is 5.75 Å². The van der Waals surface area contributed by atoms with Crippen LogP contribution in [0.15, 0.2) is 38.7 Å². The summed E-state index contributed by atoms with van der Waals surface area (Å²) in [6.45, 7) is 4.03. The third kappa shape index (κ3) is 3.27. The zero-order valence-corrected chi connectivity index (χ0v) is 12.4. The van der Waals surface area contributed by atoms with Crippen LogP contribution in [0, 0.1) is 0 Å². The van der Waals surface area contributed by atoms with Crippen LogP contribution in [-0.2, 0) is 5.75 Å². The summed E-state index contributed by atoms with van der Waals surface area (Å²) in [7, 11) is 0. The number of hydrogen-bond acceptors (Lipinski definition) is 8. The van der Waals surface area contributed by atoms with E-state index in [0.29, 0.717) is 28.6 Å². The summed E-state index contributed by atoms with van der Waals surface area (Å²) in [6, 6.07) is 3.63. The number of hydrogen-bond donors (Lipinski definition) is 0. The number of rotatable bonds is 5. The van der Waals surface area contributed by atoms with E-state index in [0.717, 1.165) is 5.56 Å². The van der Waals surface area contributed by atoms with Gasteiger partial charge in [-0.05, 0) is 12.1 Å². The van der Waals surface area contributed by atoms with Crippen LogP contribution < -0.4 is 0 Å². The fraction of sp³-hybridized carbons (Fsp3) is 0.308. The van der Waals surface area contributed by atoms with Gasteiger partial charge in [0, 0.05) is 23.9 Å². The zero-order valence-electron chi connectivity index (χ0n) is 11.6. The van der Waals surface area contributed by atoms with Crippen molar-refractivity contribution < 1.29 is 8.94 Å². The lowest BCUT2D eigenvalue weighted by molar-refractivity contribution is 0.382. The number of thioether (sulfide) groups is 1. The first-order chi connectivity index (χ1) is 10.2. The van der Waals surface area contributed by atoms with Crippen molar-refractivity contribution in [3.63, 3.8) is 0 Å². The van der Waals surface area contributed by atoms with Crippen LogP contribution in [0.1, 0.15) is 31.5 Å². The van der Waals surface area contributed by atoms with Crippen molar-refractivity contribution in [1.82, 2.24) is 25.3 Å². The molecule has 0 aliphatic heterocycles. The third-order valence-electron chi connectivity index (χ3n) is 2.65. The molecule has 3 heterocycles. The Bertz CT molecular complexity index is 710. The van der Waals surface area contributed by atoms with Crippen molar-refractivity contribution in [2.45, 2.75) is 30.7 Å². The Morgan fingerprint density at radius 3 is 2.71 bits per heavy atom. The Balaban J connectivity index is 1.65. The first-order valence-corrected chi connectivity index (χ1v) is 7.40. The van der Waals surface area contributed by atoms with Crippen LogP contribution in [0.3, 0.4) is 0 Å². The molecule has 7 nitrogen and oxygen atoms in total. The molecule has 0 aromatic carbocycles. The van der Waals surface area contributed by atoms with E-state index < -0.39 is 0 Å². The van der Waals surface area contributed by atoms with Crippen molar-refractivity contribution in [1.29, 1.82) is 0 Å². The largest absolute Gasteiger partial charge is 0.411 e. The highest BCUT2D eigenvalue weighted by atomic mass is 32.2. The van der Waals surface area contributed by atoms with Gasteiger partial charge in [0.1, 0.15) is 0 Å². The van der Waals surface area contributed by atoms with Gasteiger partial charge in [-0.3, -0.25) is 4.98 Å². The molecule has 0 N–H and O–H groups in total. The van der Waals surface area contributed by atoms with Crippen LogP contribution in [0.2, 0.25) is 0 Å². The smallest absolute Gasteiger partial charge is 0.277 e. The molecule has 0 fully saturated rings. The summed E-state index contributed by atoms with van der Waals surface area (Å²) in [5.74, 6) is 2.46. The molecule has 21 heavy (non-hydrogen) atoms. The molecule has 0 atom stereocenters. The minimum absolute atomic E-state index is 0.245. The van der Waals surface area contributed by atoms with Crippen molar-refractivity contribution in [2.24, 2.45) is 0 Å². The maximum absolute atomic E-state index is 5.57. The molecule has 8 heteroatoms. The lowest BCUT2D eigenvalue weighted by atomic mass is 10.2. The minimum atomic E-state index is 0.245. The molecule has 0 saturated heterocycles. The fourth-order valence-electron chi connectivity index (χ4n) is 1.56. The van der Waals surface area contributed by atoms with Crippen molar-refractivity contribution >= 4 is 11.8 Å². The van der Waals surface area contributed by atoms with Gasteiger partial charge >= 0.3 is 0 Å². The van der Waals surface area contributed by atoms with E-state index in [1.807, 2.05) is 26.0 Å². The quantitative estimate of drug-likeness (QED) is 0.664. The molecule has 3 aromatic rings. The minimum Gasteiger partial charge on any atom is -0.411 e. The van der Waals surface area contributed by atoms with Gasteiger partial charge in [0.2, 0.25) is 11.8 Å². The summed E-state index contributed by atoms with van der Waals surface area (Å²) in [6.07, 6.45) is 3.36. The topological polar surface area (TPSA) is 90.7 Å². The normalized spacial score (nSPS) is 11.2. The average molecular weight is 303 g/mol. The predicted octanol–water partition coefficient (Wildman–Crippen LogP) is 2.93. The predicted molar refractivity (Wildman–Crippen MR) is 75.5 cm³/mol. The lowest BCUT2D eigenvalue weighted by Crippen LogP contribution is -1.90. The number of aromatic nitrogens is 5. The molecule has 0 aliphatic carbocycles. The Hall–Kier alpha value is -2.22. The van der Waals surface area contributed by atoms with Crippen molar-refractivity contribution in [2.75, 3.05) is 0 Å². The third-order valence-corrected chi connectivity index (χ3v) is 3.46. The number of nitrogens with zero attached hydrogens (tertiary/aromatic N) is 5. The summed E-state index contributed by atoms with van der Waals surface area (Å²) in [5, 5.41) is 12.4. The summed E-state index contributed by atoms with van der Waals surface area (Å²) < 4.78 is 10.7. The Labute approximate surface area is 125 Å². The second-order valence-corrected chi connectivity index (χ2v) is 5.53. The Kier molecular flexibility index (Phi) is 3.96.